The molecule has 0 fully saturated rings. The average Bonchev–Trinajstić information content (AvgIpc) is 2.36. The molecule has 112 valence electrons. The first-order chi connectivity index (χ1) is 8.96. The average molecular weight is 289 g/mol. The highest BCUT2D eigenvalue weighted by Gasteiger charge is 2.28. The van der Waals surface area contributed by atoms with Crippen LogP contribution in [0.2, 0.25) is 0 Å². The first-order valence-corrected chi connectivity index (χ1v) is 8.01. The fraction of sp³-hybridized carbons (Fsp3) is 0.846. The first-order valence-electron chi connectivity index (χ1n) is 6.85. The smallest absolute Gasteiger partial charge is 0.237 e. The quantitative estimate of drug-likeness (QED) is 0.493. The lowest BCUT2D eigenvalue weighted by atomic mass is 9.95. The monoisotopic (exact) mass is 289 g/mol. The van der Waals surface area contributed by atoms with Gasteiger partial charge in [-0.2, -0.15) is 11.8 Å². The van der Waals surface area contributed by atoms with Gasteiger partial charge in [-0.3, -0.25) is 9.59 Å². The van der Waals surface area contributed by atoms with Crippen LogP contribution in [-0.2, 0) is 9.59 Å². The molecule has 0 heterocycles. The standard InChI is InChI=1S/C13H27N3O2S/c1-4-8-15-11(17)10-19-9-6-7-13(3,12(14)18)16-5-2/h16H,4-10H2,1-3H3,(H2,14,18)(H,15,17). The highest BCUT2D eigenvalue weighted by atomic mass is 32.2. The number of amides is 2. The highest BCUT2D eigenvalue weighted by Crippen LogP contribution is 2.14. The van der Waals surface area contributed by atoms with Crippen LogP contribution in [0.1, 0.15) is 40.0 Å². The van der Waals surface area contributed by atoms with Gasteiger partial charge in [0.2, 0.25) is 11.8 Å². The van der Waals surface area contributed by atoms with E-state index < -0.39 is 5.54 Å². The van der Waals surface area contributed by atoms with Crippen LogP contribution in [0, 0.1) is 0 Å². The van der Waals surface area contributed by atoms with Crippen molar-refractivity contribution in [1.29, 1.82) is 0 Å². The molecule has 0 spiro atoms. The van der Waals surface area contributed by atoms with Crippen LogP contribution in [0.3, 0.4) is 0 Å². The predicted molar refractivity (Wildman–Crippen MR) is 81.1 cm³/mol. The third kappa shape index (κ3) is 8.10. The molecular formula is C13H27N3O2S. The Kier molecular flexibility index (Phi) is 9.69. The molecule has 1 atom stereocenters. The minimum atomic E-state index is -0.639. The van der Waals surface area contributed by atoms with E-state index in [0.717, 1.165) is 25.1 Å². The molecule has 0 aromatic carbocycles. The minimum absolute atomic E-state index is 0.0798. The van der Waals surface area contributed by atoms with E-state index in [9.17, 15) is 9.59 Å². The zero-order valence-electron chi connectivity index (χ0n) is 12.3. The largest absolute Gasteiger partial charge is 0.368 e. The van der Waals surface area contributed by atoms with Gasteiger partial charge in [-0.1, -0.05) is 13.8 Å². The molecule has 0 aromatic heterocycles. The molecule has 19 heavy (non-hydrogen) atoms. The van der Waals surface area contributed by atoms with Gasteiger partial charge in [0.25, 0.3) is 0 Å². The topological polar surface area (TPSA) is 84.2 Å². The van der Waals surface area contributed by atoms with Gasteiger partial charge in [-0.05, 0) is 38.5 Å². The van der Waals surface area contributed by atoms with E-state index in [2.05, 4.69) is 10.6 Å². The first kappa shape index (κ1) is 18.2. The summed E-state index contributed by atoms with van der Waals surface area (Å²) in [6.45, 7) is 7.26. The van der Waals surface area contributed by atoms with Crippen molar-refractivity contribution in [2.75, 3.05) is 24.6 Å². The van der Waals surface area contributed by atoms with Gasteiger partial charge in [0.1, 0.15) is 0 Å². The highest BCUT2D eigenvalue weighted by molar-refractivity contribution is 7.99. The molecule has 0 aliphatic carbocycles. The van der Waals surface area contributed by atoms with Gasteiger partial charge in [-0.25, -0.2) is 0 Å². The summed E-state index contributed by atoms with van der Waals surface area (Å²) in [5.74, 6) is 1.10. The molecule has 0 bridgehead atoms. The van der Waals surface area contributed by atoms with Crippen LogP contribution >= 0.6 is 11.8 Å². The van der Waals surface area contributed by atoms with Gasteiger partial charge in [0.05, 0.1) is 11.3 Å². The summed E-state index contributed by atoms with van der Waals surface area (Å²) >= 11 is 1.59. The number of thioether (sulfide) groups is 1. The fourth-order valence-corrected chi connectivity index (χ4v) is 2.48. The van der Waals surface area contributed by atoms with Gasteiger partial charge < -0.3 is 16.4 Å². The second-order valence-electron chi connectivity index (χ2n) is 4.73. The molecule has 0 saturated carbocycles. The van der Waals surface area contributed by atoms with E-state index in [1.54, 1.807) is 11.8 Å². The normalized spacial score (nSPS) is 13.8. The number of rotatable bonds is 11. The van der Waals surface area contributed by atoms with Crippen molar-refractivity contribution >= 4 is 23.6 Å². The Morgan fingerprint density at radius 2 is 2.00 bits per heavy atom. The van der Waals surface area contributed by atoms with Crippen molar-refractivity contribution in [2.45, 2.75) is 45.6 Å². The van der Waals surface area contributed by atoms with Crippen LogP contribution < -0.4 is 16.4 Å². The van der Waals surface area contributed by atoms with Crippen LogP contribution in [0.4, 0.5) is 0 Å². The number of likely N-dealkylation sites (N-methyl/N-ethyl adjacent to an activating group) is 1. The molecule has 5 nitrogen and oxygen atoms in total. The lowest BCUT2D eigenvalue weighted by molar-refractivity contribution is -0.124. The summed E-state index contributed by atoms with van der Waals surface area (Å²) in [5.41, 5.74) is 4.76. The summed E-state index contributed by atoms with van der Waals surface area (Å²) in [4.78, 5) is 22.7. The molecule has 1 unspecified atom stereocenters. The van der Waals surface area contributed by atoms with Crippen molar-refractivity contribution in [3.63, 3.8) is 0 Å². The number of nitrogens with two attached hydrogens (primary N) is 1. The zero-order valence-corrected chi connectivity index (χ0v) is 13.1. The van der Waals surface area contributed by atoms with Crippen LogP contribution in [-0.4, -0.2) is 41.9 Å². The molecule has 6 heteroatoms. The number of nitrogens with one attached hydrogen (secondary N) is 2. The Morgan fingerprint density at radius 3 is 2.53 bits per heavy atom. The van der Waals surface area contributed by atoms with Crippen molar-refractivity contribution in [1.82, 2.24) is 10.6 Å². The van der Waals surface area contributed by atoms with Crippen molar-refractivity contribution in [2.24, 2.45) is 5.73 Å². The summed E-state index contributed by atoms with van der Waals surface area (Å²) in [5, 5.41) is 5.95. The number of hydrogen-bond donors (Lipinski definition) is 3. The Morgan fingerprint density at radius 1 is 1.32 bits per heavy atom. The van der Waals surface area contributed by atoms with E-state index in [-0.39, 0.29) is 11.8 Å². The minimum Gasteiger partial charge on any atom is -0.368 e. The van der Waals surface area contributed by atoms with Crippen LogP contribution in [0.15, 0.2) is 0 Å². The third-order valence-corrected chi connectivity index (χ3v) is 3.93. The summed E-state index contributed by atoms with van der Waals surface area (Å²) in [6.07, 6.45) is 2.51. The van der Waals surface area contributed by atoms with E-state index >= 15 is 0 Å². The van der Waals surface area contributed by atoms with Gasteiger partial charge in [0, 0.05) is 6.54 Å². The molecule has 0 aromatic rings. The number of hydrogen-bond acceptors (Lipinski definition) is 4. The molecular weight excluding hydrogens is 262 g/mol. The maximum absolute atomic E-state index is 11.4. The summed E-state index contributed by atoms with van der Waals surface area (Å²) in [6, 6.07) is 0. The molecule has 2 amide bonds. The molecule has 0 aliphatic rings. The SMILES string of the molecule is CCCNC(=O)CSCCCC(C)(NCC)C(N)=O. The zero-order chi connectivity index (χ0) is 14.7. The molecule has 4 N–H and O–H groups in total. The predicted octanol–water partition coefficient (Wildman–Crippen LogP) is 0.880. The molecule has 0 saturated heterocycles. The van der Waals surface area contributed by atoms with Crippen molar-refractivity contribution < 1.29 is 9.59 Å². The number of carbonyl (C=O) groups excluding carboxylic acids is 2. The Hall–Kier alpha value is -0.750. The maximum atomic E-state index is 11.4. The molecule has 0 aliphatic heterocycles. The summed E-state index contributed by atoms with van der Waals surface area (Å²) < 4.78 is 0. The van der Waals surface area contributed by atoms with E-state index in [1.165, 1.54) is 0 Å². The lowest BCUT2D eigenvalue weighted by Crippen LogP contribution is -2.53. The van der Waals surface area contributed by atoms with Gasteiger partial charge in [-0.15, -0.1) is 0 Å². The number of carbonyl (C=O) groups is 2. The number of primary amides is 1. The second kappa shape index (κ2) is 10.1. The van der Waals surface area contributed by atoms with Gasteiger partial charge in [0.15, 0.2) is 0 Å². The Balaban J connectivity index is 3.77. The van der Waals surface area contributed by atoms with E-state index in [0.29, 0.717) is 18.7 Å². The third-order valence-electron chi connectivity index (χ3n) is 2.88. The van der Waals surface area contributed by atoms with E-state index in [4.69, 9.17) is 5.73 Å². The van der Waals surface area contributed by atoms with Crippen LogP contribution in [0.5, 0.6) is 0 Å². The van der Waals surface area contributed by atoms with Crippen molar-refractivity contribution in [3.05, 3.63) is 0 Å². The Bertz CT molecular complexity index is 287. The van der Waals surface area contributed by atoms with Gasteiger partial charge >= 0.3 is 0 Å². The Labute approximate surface area is 120 Å². The van der Waals surface area contributed by atoms with Crippen molar-refractivity contribution in [3.8, 4) is 0 Å². The van der Waals surface area contributed by atoms with Crippen LogP contribution in [0.25, 0.3) is 0 Å². The van der Waals surface area contributed by atoms with E-state index in [1.807, 2.05) is 20.8 Å². The lowest BCUT2D eigenvalue weighted by Gasteiger charge is -2.26. The molecule has 0 radical (unpaired) electrons. The summed E-state index contributed by atoms with van der Waals surface area (Å²) in [7, 11) is 0. The fourth-order valence-electron chi connectivity index (χ4n) is 1.70. The second-order valence-corrected chi connectivity index (χ2v) is 5.84. The molecule has 0 rings (SSSR count). The maximum Gasteiger partial charge on any atom is 0.237 e.